The summed E-state index contributed by atoms with van der Waals surface area (Å²) in [6.07, 6.45) is 0.0410. The Hall–Kier alpha value is -1.32. The van der Waals surface area contributed by atoms with Crippen LogP contribution in [0.5, 0.6) is 0 Å². The van der Waals surface area contributed by atoms with Crippen LogP contribution in [0.15, 0.2) is 12.2 Å². The predicted molar refractivity (Wildman–Crippen MR) is 45.6 cm³/mol. The molecule has 0 fully saturated rings. The summed E-state index contributed by atoms with van der Waals surface area (Å²) in [6.45, 7) is 8.80. The van der Waals surface area contributed by atoms with Gasteiger partial charge in [0.2, 0.25) is 0 Å². The van der Waals surface area contributed by atoms with Crippen LogP contribution in [0, 0.1) is 12.8 Å². The second-order valence-corrected chi connectivity index (χ2v) is 2.43. The van der Waals surface area contributed by atoms with Crippen molar-refractivity contribution >= 4 is 11.9 Å². The molecule has 0 saturated carbocycles. The Morgan fingerprint density at radius 1 is 1.38 bits per heavy atom. The van der Waals surface area contributed by atoms with Crippen LogP contribution in [0.25, 0.3) is 0 Å². The van der Waals surface area contributed by atoms with Gasteiger partial charge in [-0.25, -0.2) is 4.79 Å². The van der Waals surface area contributed by atoms with E-state index in [9.17, 15) is 9.59 Å². The lowest BCUT2D eigenvalue weighted by Crippen LogP contribution is -2.16. The first-order chi connectivity index (χ1) is 6.02. The number of rotatable bonds is 4. The fourth-order valence-electron chi connectivity index (χ4n) is 0.728. The maximum Gasteiger partial charge on any atom is 0.333 e. The first-order valence-corrected chi connectivity index (χ1v) is 3.62. The summed E-state index contributed by atoms with van der Waals surface area (Å²) in [5.41, 5.74) is 0.153. The number of carbonyl (C=O) groups is 2. The van der Waals surface area contributed by atoms with Crippen molar-refractivity contribution in [1.82, 2.24) is 0 Å². The molecule has 0 spiro atoms. The number of carbonyl (C=O) groups excluding carboxylic acids is 2. The van der Waals surface area contributed by atoms with Crippen LogP contribution in [-0.2, 0) is 19.1 Å². The molecule has 0 bridgehead atoms. The van der Waals surface area contributed by atoms with Gasteiger partial charge >= 0.3 is 11.9 Å². The van der Waals surface area contributed by atoms with Crippen molar-refractivity contribution in [1.29, 1.82) is 0 Å². The van der Waals surface area contributed by atoms with Crippen molar-refractivity contribution < 1.29 is 19.1 Å². The molecule has 4 nitrogen and oxygen atoms in total. The van der Waals surface area contributed by atoms with Gasteiger partial charge in [0.05, 0.1) is 20.1 Å². The minimum Gasteiger partial charge on any atom is -0.469 e. The molecule has 13 heavy (non-hydrogen) atoms. The maximum absolute atomic E-state index is 10.8. The van der Waals surface area contributed by atoms with Crippen molar-refractivity contribution in [2.24, 2.45) is 5.92 Å². The highest BCUT2D eigenvalue weighted by molar-refractivity contribution is 5.88. The largest absolute Gasteiger partial charge is 0.469 e. The Kier molecular flexibility index (Phi) is 4.80. The van der Waals surface area contributed by atoms with E-state index in [2.05, 4.69) is 16.1 Å². The molecular weight excluding hydrogens is 172 g/mol. The highest BCUT2D eigenvalue weighted by Crippen LogP contribution is 2.11. The second kappa shape index (κ2) is 5.35. The topological polar surface area (TPSA) is 52.6 Å². The molecule has 2 radical (unpaired) electrons. The van der Waals surface area contributed by atoms with E-state index in [-0.39, 0.29) is 12.0 Å². The standard InChI is InChI=1S/C9H12O4/c1-6(8(10)12-3)5-7(2)9(11)13-4/h1,6H,2,5H2,3-4H3. The molecule has 0 heterocycles. The third-order valence-electron chi connectivity index (χ3n) is 1.44. The van der Waals surface area contributed by atoms with Crippen LogP contribution in [-0.4, -0.2) is 26.2 Å². The van der Waals surface area contributed by atoms with Gasteiger partial charge in [0.15, 0.2) is 0 Å². The van der Waals surface area contributed by atoms with Crippen molar-refractivity contribution in [3.63, 3.8) is 0 Å². The van der Waals surface area contributed by atoms with Gasteiger partial charge in [-0.2, -0.15) is 0 Å². The van der Waals surface area contributed by atoms with Gasteiger partial charge in [-0.05, 0) is 13.3 Å². The number of ether oxygens (including phenoxy) is 2. The summed E-state index contributed by atoms with van der Waals surface area (Å²) >= 11 is 0. The Balaban J connectivity index is 4.06. The summed E-state index contributed by atoms with van der Waals surface area (Å²) in [4.78, 5) is 21.6. The highest BCUT2D eigenvalue weighted by Gasteiger charge is 2.18. The first kappa shape index (κ1) is 11.7. The molecule has 0 aliphatic carbocycles. The van der Waals surface area contributed by atoms with E-state index in [1.54, 1.807) is 0 Å². The summed E-state index contributed by atoms with van der Waals surface area (Å²) < 4.78 is 8.75. The molecule has 0 aromatic rings. The highest BCUT2D eigenvalue weighted by atomic mass is 16.5. The first-order valence-electron chi connectivity index (χ1n) is 3.62. The molecule has 1 atom stereocenters. The van der Waals surface area contributed by atoms with Gasteiger partial charge in [-0.1, -0.05) is 6.58 Å². The monoisotopic (exact) mass is 184 g/mol. The van der Waals surface area contributed by atoms with E-state index in [1.165, 1.54) is 14.2 Å². The van der Waals surface area contributed by atoms with Crippen LogP contribution >= 0.6 is 0 Å². The van der Waals surface area contributed by atoms with E-state index >= 15 is 0 Å². The fraction of sp³-hybridized carbons (Fsp3) is 0.444. The fourth-order valence-corrected chi connectivity index (χ4v) is 0.728. The molecule has 0 aliphatic rings. The third-order valence-corrected chi connectivity index (χ3v) is 1.44. The second-order valence-electron chi connectivity index (χ2n) is 2.43. The molecule has 4 heteroatoms. The third kappa shape index (κ3) is 3.73. The Morgan fingerprint density at radius 2 is 1.92 bits per heavy atom. The van der Waals surface area contributed by atoms with Crippen LogP contribution in [0.2, 0.25) is 0 Å². The van der Waals surface area contributed by atoms with Crippen LogP contribution in [0.1, 0.15) is 6.42 Å². The quantitative estimate of drug-likeness (QED) is 0.474. The van der Waals surface area contributed by atoms with Crippen molar-refractivity contribution in [3.8, 4) is 0 Å². The summed E-state index contributed by atoms with van der Waals surface area (Å²) in [5, 5.41) is 0. The van der Waals surface area contributed by atoms with Gasteiger partial charge in [-0.15, -0.1) is 0 Å². The summed E-state index contributed by atoms with van der Waals surface area (Å²) in [7, 11) is 2.46. The normalized spacial score (nSPS) is 11.6. The smallest absolute Gasteiger partial charge is 0.333 e. The zero-order valence-corrected chi connectivity index (χ0v) is 7.70. The Morgan fingerprint density at radius 3 is 2.31 bits per heavy atom. The van der Waals surface area contributed by atoms with E-state index in [0.717, 1.165) is 0 Å². The van der Waals surface area contributed by atoms with E-state index in [0.29, 0.717) is 0 Å². The van der Waals surface area contributed by atoms with Gasteiger partial charge < -0.3 is 9.47 Å². The molecule has 0 aromatic heterocycles. The van der Waals surface area contributed by atoms with Crippen molar-refractivity contribution in [3.05, 3.63) is 19.1 Å². The lowest BCUT2D eigenvalue weighted by atomic mass is 10.0. The molecule has 72 valence electrons. The number of hydrogen-bond donors (Lipinski definition) is 0. The number of hydrogen-bond acceptors (Lipinski definition) is 4. The van der Waals surface area contributed by atoms with Gasteiger partial charge in [0.1, 0.15) is 0 Å². The van der Waals surface area contributed by atoms with Gasteiger partial charge in [0.25, 0.3) is 0 Å². The van der Waals surface area contributed by atoms with Crippen LogP contribution in [0.3, 0.4) is 0 Å². The van der Waals surface area contributed by atoms with Crippen LogP contribution < -0.4 is 0 Å². The summed E-state index contributed by atoms with van der Waals surface area (Å²) in [6, 6.07) is 0. The van der Waals surface area contributed by atoms with Crippen molar-refractivity contribution in [2.75, 3.05) is 14.2 Å². The average Bonchev–Trinajstić information content (AvgIpc) is 2.14. The van der Waals surface area contributed by atoms with Crippen LogP contribution in [0.4, 0.5) is 0 Å². The SMILES string of the molecule is [CH]C(CC(=C)C(=O)OC)C(=O)OC. The minimum atomic E-state index is -0.864. The summed E-state index contributed by atoms with van der Waals surface area (Å²) in [5.74, 6) is -2.01. The van der Waals surface area contributed by atoms with Gasteiger partial charge in [-0.3, -0.25) is 4.79 Å². The molecule has 0 aliphatic heterocycles. The zero-order chi connectivity index (χ0) is 10.4. The average molecular weight is 184 g/mol. The molecule has 0 amide bonds. The predicted octanol–water partition coefficient (Wildman–Crippen LogP) is 0.606. The minimum absolute atomic E-state index is 0.0410. The molecule has 0 rings (SSSR count). The number of esters is 2. The Bertz CT molecular complexity index is 220. The van der Waals surface area contributed by atoms with E-state index in [1.807, 2.05) is 0 Å². The van der Waals surface area contributed by atoms with Crippen molar-refractivity contribution in [2.45, 2.75) is 6.42 Å². The van der Waals surface area contributed by atoms with E-state index < -0.39 is 17.9 Å². The molecule has 0 aromatic carbocycles. The number of methoxy groups -OCH3 is 2. The Labute approximate surface area is 77.5 Å². The van der Waals surface area contributed by atoms with Gasteiger partial charge in [0, 0.05) is 5.57 Å². The molecular formula is C9H12O4. The molecule has 1 unspecified atom stereocenters. The lowest BCUT2D eigenvalue weighted by Gasteiger charge is -2.08. The lowest BCUT2D eigenvalue weighted by molar-refractivity contribution is -0.144. The molecule has 0 N–H and O–H groups in total. The van der Waals surface area contributed by atoms with E-state index in [4.69, 9.17) is 6.92 Å². The zero-order valence-electron chi connectivity index (χ0n) is 7.70. The molecule has 0 saturated heterocycles. The maximum atomic E-state index is 10.8.